The van der Waals surface area contributed by atoms with Crippen molar-refractivity contribution in [2.75, 3.05) is 18.9 Å². The van der Waals surface area contributed by atoms with Gasteiger partial charge < -0.3 is 20.7 Å². The van der Waals surface area contributed by atoms with Gasteiger partial charge in [0.15, 0.2) is 5.72 Å². The molecule has 1 aromatic heterocycles. The molecule has 0 aromatic carbocycles. The van der Waals surface area contributed by atoms with E-state index in [0.29, 0.717) is 5.56 Å². The minimum absolute atomic E-state index is 0.0202. The maximum atomic E-state index is 11.9. The first-order valence-electron chi connectivity index (χ1n) is 5.35. The Morgan fingerprint density at radius 1 is 1.78 bits per heavy atom. The summed E-state index contributed by atoms with van der Waals surface area (Å²) in [6.45, 7) is 1.25. The summed E-state index contributed by atoms with van der Waals surface area (Å²) in [6.07, 6.45) is 0.648. The van der Waals surface area contributed by atoms with Crippen LogP contribution in [0.15, 0.2) is 11.0 Å². The number of aryl methyl sites for hydroxylation is 1. The molecule has 2 rings (SSSR count). The van der Waals surface area contributed by atoms with Crippen molar-refractivity contribution in [3.05, 3.63) is 22.2 Å². The van der Waals surface area contributed by atoms with Crippen LogP contribution in [-0.4, -0.2) is 43.9 Å². The summed E-state index contributed by atoms with van der Waals surface area (Å²) >= 11 is 3.25. The molecule has 0 aliphatic carbocycles. The number of aromatic nitrogens is 2. The van der Waals surface area contributed by atoms with Crippen molar-refractivity contribution in [3.8, 4) is 0 Å². The van der Waals surface area contributed by atoms with Gasteiger partial charge in [0.25, 0.3) is 0 Å². The highest BCUT2D eigenvalue weighted by Crippen LogP contribution is 2.35. The minimum atomic E-state index is -1.36. The van der Waals surface area contributed by atoms with Gasteiger partial charge in [0, 0.05) is 11.8 Å². The number of rotatable bonds is 2. The Morgan fingerprint density at radius 2 is 2.44 bits per heavy atom. The molecule has 0 spiro atoms. The fourth-order valence-corrected chi connectivity index (χ4v) is 2.59. The number of nitrogen functional groups attached to an aromatic ring is 1. The van der Waals surface area contributed by atoms with Gasteiger partial charge in [0.05, 0.1) is 24.1 Å². The summed E-state index contributed by atoms with van der Waals surface area (Å²) in [5.41, 5.74) is 4.14. The molecule has 0 unspecified atom stereocenters. The number of alkyl halides is 1. The zero-order valence-electron chi connectivity index (χ0n) is 9.71. The maximum absolute atomic E-state index is 11.9. The zero-order chi connectivity index (χ0) is 13.5. The van der Waals surface area contributed by atoms with Crippen molar-refractivity contribution in [2.45, 2.75) is 23.6 Å². The Bertz CT molecular complexity index is 520. The van der Waals surface area contributed by atoms with Gasteiger partial charge in [-0.25, -0.2) is 4.79 Å². The number of nitrogens with zero attached hydrogens (tertiary/aromatic N) is 2. The van der Waals surface area contributed by atoms with E-state index in [2.05, 4.69) is 20.9 Å². The van der Waals surface area contributed by atoms with Crippen LogP contribution < -0.4 is 11.4 Å². The summed E-state index contributed by atoms with van der Waals surface area (Å²) in [5, 5.41) is 19.3. The van der Waals surface area contributed by atoms with Crippen molar-refractivity contribution in [1.29, 1.82) is 0 Å². The number of ether oxygens (including phenoxy) is 1. The molecule has 0 bridgehead atoms. The van der Waals surface area contributed by atoms with E-state index < -0.39 is 29.0 Å². The molecular weight excluding hydrogens is 306 g/mol. The highest BCUT2D eigenvalue weighted by Gasteiger charge is 2.50. The molecule has 8 heteroatoms. The van der Waals surface area contributed by atoms with Crippen LogP contribution in [0.3, 0.4) is 0 Å². The van der Waals surface area contributed by atoms with E-state index in [9.17, 15) is 15.0 Å². The van der Waals surface area contributed by atoms with Crippen LogP contribution >= 0.6 is 15.9 Å². The molecule has 7 nitrogen and oxygen atoms in total. The number of hydrogen-bond acceptors (Lipinski definition) is 6. The van der Waals surface area contributed by atoms with E-state index in [-0.39, 0.29) is 12.4 Å². The van der Waals surface area contributed by atoms with Crippen LogP contribution in [0, 0.1) is 6.92 Å². The number of aliphatic hydroxyl groups excluding tert-OH is 2. The largest absolute Gasteiger partial charge is 0.391 e. The van der Waals surface area contributed by atoms with Crippen molar-refractivity contribution in [3.63, 3.8) is 0 Å². The van der Waals surface area contributed by atoms with E-state index in [1.54, 1.807) is 6.92 Å². The number of halogens is 1. The van der Waals surface area contributed by atoms with Crippen LogP contribution in [0.4, 0.5) is 5.82 Å². The lowest BCUT2D eigenvalue weighted by molar-refractivity contribution is -0.0985. The van der Waals surface area contributed by atoms with Crippen LogP contribution in [0.2, 0.25) is 0 Å². The molecule has 3 atom stereocenters. The van der Waals surface area contributed by atoms with Gasteiger partial charge >= 0.3 is 5.69 Å². The van der Waals surface area contributed by atoms with Gasteiger partial charge in [0.2, 0.25) is 0 Å². The van der Waals surface area contributed by atoms with E-state index in [4.69, 9.17) is 10.5 Å². The van der Waals surface area contributed by atoms with Crippen LogP contribution in [0.5, 0.6) is 0 Å². The summed E-state index contributed by atoms with van der Waals surface area (Å²) < 4.78 is 6.57. The lowest BCUT2D eigenvalue weighted by Crippen LogP contribution is -2.51. The number of hydrogen-bond donors (Lipinski definition) is 3. The third-order valence-corrected chi connectivity index (χ3v) is 4.38. The Morgan fingerprint density at radius 3 is 2.94 bits per heavy atom. The SMILES string of the molecule is Cc1cn([C@@]2(CO)OC[C@H](O)[C@H]2Br)c(=O)nc1N. The number of aliphatic hydroxyl groups is 2. The lowest BCUT2D eigenvalue weighted by Gasteiger charge is -2.31. The molecule has 4 N–H and O–H groups in total. The molecule has 18 heavy (non-hydrogen) atoms. The average molecular weight is 320 g/mol. The van der Waals surface area contributed by atoms with Gasteiger partial charge in [-0.05, 0) is 6.92 Å². The first-order valence-corrected chi connectivity index (χ1v) is 6.27. The first-order chi connectivity index (χ1) is 8.42. The normalized spacial score (nSPS) is 31.8. The Kier molecular flexibility index (Phi) is 3.45. The third kappa shape index (κ3) is 1.85. The van der Waals surface area contributed by atoms with Gasteiger partial charge in [-0.2, -0.15) is 4.98 Å². The van der Waals surface area contributed by atoms with Crippen LogP contribution in [-0.2, 0) is 10.5 Å². The van der Waals surface area contributed by atoms with E-state index in [1.165, 1.54) is 6.20 Å². The van der Waals surface area contributed by atoms with E-state index >= 15 is 0 Å². The predicted octanol–water partition coefficient (Wildman–Crippen LogP) is -1.07. The quantitative estimate of drug-likeness (QED) is 0.599. The van der Waals surface area contributed by atoms with E-state index in [0.717, 1.165) is 4.57 Å². The molecule has 0 amide bonds. The Balaban J connectivity index is 2.59. The summed E-state index contributed by atoms with van der Waals surface area (Å²) in [5.74, 6) is 0.133. The molecule has 2 heterocycles. The average Bonchev–Trinajstić information content (AvgIpc) is 2.62. The third-order valence-electron chi connectivity index (χ3n) is 3.06. The molecular formula is C10H14BrN3O4. The topological polar surface area (TPSA) is 111 Å². The molecule has 1 fully saturated rings. The molecule has 1 aliphatic rings. The fourth-order valence-electron chi connectivity index (χ4n) is 1.94. The molecule has 0 radical (unpaired) electrons. The molecule has 1 aliphatic heterocycles. The molecule has 1 aromatic rings. The summed E-state index contributed by atoms with van der Waals surface area (Å²) in [6, 6.07) is 0. The zero-order valence-corrected chi connectivity index (χ0v) is 11.3. The maximum Gasteiger partial charge on any atom is 0.351 e. The number of anilines is 1. The Hall–Kier alpha value is -0.960. The van der Waals surface area contributed by atoms with Crippen molar-refractivity contribution >= 4 is 21.7 Å². The molecule has 100 valence electrons. The van der Waals surface area contributed by atoms with E-state index in [1.807, 2.05) is 0 Å². The van der Waals surface area contributed by atoms with Crippen molar-refractivity contribution in [2.24, 2.45) is 0 Å². The smallest absolute Gasteiger partial charge is 0.351 e. The van der Waals surface area contributed by atoms with Gasteiger partial charge in [-0.3, -0.25) is 4.57 Å². The molecule has 1 saturated heterocycles. The predicted molar refractivity (Wildman–Crippen MR) is 67.4 cm³/mol. The number of nitrogens with two attached hydrogens (primary N) is 1. The standard InChI is InChI=1S/C10H14BrN3O4/c1-5-2-14(9(17)13-8(5)12)10(4-15)7(11)6(16)3-18-10/h2,6-7,15-16H,3-4H2,1H3,(H2,12,13,17)/t6-,7+,10-/m0/s1. The van der Waals surface area contributed by atoms with Crippen molar-refractivity contribution < 1.29 is 14.9 Å². The molecule has 0 saturated carbocycles. The van der Waals surface area contributed by atoms with Gasteiger partial charge in [-0.15, -0.1) is 0 Å². The van der Waals surface area contributed by atoms with Crippen LogP contribution in [0.25, 0.3) is 0 Å². The lowest BCUT2D eigenvalue weighted by atomic mass is 10.1. The fraction of sp³-hybridized carbons (Fsp3) is 0.600. The second-order valence-corrected chi connectivity index (χ2v) is 5.23. The summed E-state index contributed by atoms with van der Waals surface area (Å²) in [4.78, 5) is 14.9. The van der Waals surface area contributed by atoms with Gasteiger partial charge in [-0.1, -0.05) is 15.9 Å². The van der Waals surface area contributed by atoms with Crippen LogP contribution in [0.1, 0.15) is 5.56 Å². The summed E-state index contributed by atoms with van der Waals surface area (Å²) in [7, 11) is 0. The second-order valence-electron chi connectivity index (χ2n) is 4.24. The monoisotopic (exact) mass is 319 g/mol. The first kappa shape index (κ1) is 13.5. The van der Waals surface area contributed by atoms with Crippen molar-refractivity contribution in [1.82, 2.24) is 9.55 Å². The second kappa shape index (κ2) is 4.61. The highest BCUT2D eigenvalue weighted by molar-refractivity contribution is 9.09. The van der Waals surface area contributed by atoms with Gasteiger partial charge in [0.1, 0.15) is 5.82 Å². The minimum Gasteiger partial charge on any atom is -0.391 e. The Labute approximate surface area is 111 Å². The highest BCUT2D eigenvalue weighted by atomic mass is 79.9.